The van der Waals surface area contributed by atoms with Crippen LogP contribution in [0.2, 0.25) is 0 Å². The van der Waals surface area contributed by atoms with Crippen LogP contribution in [0.5, 0.6) is 11.5 Å². The molecule has 0 heterocycles. The number of benzene rings is 2. The molecule has 0 aliphatic heterocycles. The van der Waals surface area contributed by atoms with Gasteiger partial charge in [0.25, 0.3) is 0 Å². The lowest BCUT2D eigenvalue weighted by molar-refractivity contribution is 0.406. The highest BCUT2D eigenvalue weighted by Gasteiger charge is 2.24. The molecule has 0 bridgehead atoms. The fraction of sp³-hybridized carbons (Fsp3) is 0.455. The maximum atomic E-state index is 13.1. The van der Waals surface area contributed by atoms with Crippen LogP contribution >= 0.6 is 0 Å². The molecule has 0 aliphatic carbocycles. The summed E-state index contributed by atoms with van der Waals surface area (Å²) in [5, 5.41) is 0. The van der Waals surface area contributed by atoms with Gasteiger partial charge in [-0.1, -0.05) is 13.8 Å². The molecule has 2 aromatic carbocycles. The van der Waals surface area contributed by atoms with Crippen molar-refractivity contribution in [1.29, 1.82) is 0 Å². The Morgan fingerprint density at radius 3 is 1.86 bits per heavy atom. The fourth-order valence-electron chi connectivity index (χ4n) is 3.62. The van der Waals surface area contributed by atoms with Gasteiger partial charge in [0.2, 0.25) is 10.0 Å². The number of rotatable bonds is 7. The second-order valence-corrected chi connectivity index (χ2v) is 9.19. The van der Waals surface area contributed by atoms with E-state index in [1.54, 1.807) is 40.2 Å². The largest absolute Gasteiger partial charge is 0.497 e. The van der Waals surface area contributed by atoms with Crippen LogP contribution in [-0.4, -0.2) is 22.6 Å². The van der Waals surface area contributed by atoms with E-state index in [1.165, 1.54) is 0 Å². The standard InChI is InChI=1S/C22H31NO4S/c1-13(2)19-12-20(14(3)11-21(19)27-8)17(6)23-28(24,25)22-15(4)9-18(26-7)10-16(22)5/h9-13,17,23H,1-8H3/t17-/m0/s1. The summed E-state index contributed by atoms with van der Waals surface area (Å²) in [4.78, 5) is 0.301. The van der Waals surface area contributed by atoms with Gasteiger partial charge in [0.15, 0.2) is 0 Å². The van der Waals surface area contributed by atoms with E-state index in [2.05, 4.69) is 18.6 Å². The molecule has 0 aliphatic rings. The smallest absolute Gasteiger partial charge is 0.241 e. The summed E-state index contributed by atoms with van der Waals surface area (Å²) in [6.07, 6.45) is 0. The van der Waals surface area contributed by atoms with Crippen molar-refractivity contribution >= 4 is 10.0 Å². The predicted molar refractivity (Wildman–Crippen MR) is 113 cm³/mol. The van der Waals surface area contributed by atoms with Crippen molar-refractivity contribution < 1.29 is 17.9 Å². The van der Waals surface area contributed by atoms with Crippen LogP contribution in [0.4, 0.5) is 0 Å². The number of aryl methyl sites for hydroxylation is 3. The molecule has 0 unspecified atom stereocenters. The monoisotopic (exact) mass is 405 g/mol. The Hall–Kier alpha value is -2.05. The van der Waals surface area contributed by atoms with Crippen molar-refractivity contribution in [1.82, 2.24) is 4.72 Å². The Balaban J connectivity index is 2.45. The molecule has 1 N–H and O–H groups in total. The van der Waals surface area contributed by atoms with Crippen molar-refractivity contribution in [3.63, 3.8) is 0 Å². The highest BCUT2D eigenvalue weighted by Crippen LogP contribution is 2.33. The molecule has 154 valence electrons. The molecule has 0 spiro atoms. The van der Waals surface area contributed by atoms with Crippen LogP contribution in [0, 0.1) is 20.8 Å². The van der Waals surface area contributed by atoms with Gasteiger partial charge in [-0.05, 0) is 85.7 Å². The van der Waals surface area contributed by atoms with Crippen LogP contribution in [0.1, 0.15) is 60.5 Å². The first kappa shape index (κ1) is 22.2. The molecule has 28 heavy (non-hydrogen) atoms. The van der Waals surface area contributed by atoms with Crippen molar-refractivity contribution in [2.24, 2.45) is 0 Å². The van der Waals surface area contributed by atoms with E-state index in [0.717, 1.165) is 22.4 Å². The number of nitrogens with one attached hydrogen (secondary N) is 1. The summed E-state index contributed by atoms with van der Waals surface area (Å²) in [5.74, 6) is 1.74. The van der Waals surface area contributed by atoms with Crippen LogP contribution in [0.3, 0.4) is 0 Å². The van der Waals surface area contributed by atoms with E-state index in [4.69, 9.17) is 9.47 Å². The maximum absolute atomic E-state index is 13.1. The number of hydrogen-bond acceptors (Lipinski definition) is 4. The highest BCUT2D eigenvalue weighted by atomic mass is 32.2. The first-order valence-electron chi connectivity index (χ1n) is 9.37. The van der Waals surface area contributed by atoms with Crippen molar-refractivity contribution in [2.45, 2.75) is 58.4 Å². The van der Waals surface area contributed by atoms with Crippen LogP contribution in [0.15, 0.2) is 29.2 Å². The lowest BCUT2D eigenvalue weighted by Gasteiger charge is -2.22. The van der Waals surface area contributed by atoms with E-state index in [1.807, 2.05) is 26.0 Å². The average Bonchev–Trinajstić information content (AvgIpc) is 2.59. The van der Waals surface area contributed by atoms with E-state index < -0.39 is 10.0 Å². The second kappa shape index (κ2) is 8.53. The first-order valence-corrected chi connectivity index (χ1v) is 10.9. The molecule has 0 saturated carbocycles. The van der Waals surface area contributed by atoms with Gasteiger partial charge in [-0.15, -0.1) is 0 Å². The van der Waals surface area contributed by atoms with Gasteiger partial charge in [-0.25, -0.2) is 13.1 Å². The maximum Gasteiger partial charge on any atom is 0.241 e. The van der Waals surface area contributed by atoms with Crippen LogP contribution in [-0.2, 0) is 10.0 Å². The van der Waals surface area contributed by atoms with E-state index in [-0.39, 0.29) is 12.0 Å². The topological polar surface area (TPSA) is 64.6 Å². The number of methoxy groups -OCH3 is 2. The molecule has 0 saturated heterocycles. The van der Waals surface area contributed by atoms with Crippen molar-refractivity contribution in [2.75, 3.05) is 14.2 Å². The molecule has 0 aromatic heterocycles. The minimum Gasteiger partial charge on any atom is -0.497 e. The Bertz CT molecular complexity index is 942. The summed E-state index contributed by atoms with van der Waals surface area (Å²) >= 11 is 0. The molecule has 0 fully saturated rings. The lowest BCUT2D eigenvalue weighted by atomic mass is 9.94. The van der Waals surface area contributed by atoms with Gasteiger partial charge in [0, 0.05) is 6.04 Å². The highest BCUT2D eigenvalue weighted by molar-refractivity contribution is 7.89. The fourth-order valence-corrected chi connectivity index (χ4v) is 5.29. The summed E-state index contributed by atoms with van der Waals surface area (Å²) in [6.45, 7) is 11.6. The van der Waals surface area contributed by atoms with Gasteiger partial charge < -0.3 is 9.47 Å². The molecular formula is C22H31NO4S. The summed E-state index contributed by atoms with van der Waals surface area (Å²) in [7, 11) is -0.471. The van der Waals surface area contributed by atoms with E-state index in [9.17, 15) is 8.42 Å². The third-order valence-electron chi connectivity index (χ3n) is 4.98. The zero-order valence-electron chi connectivity index (χ0n) is 18.0. The Morgan fingerprint density at radius 2 is 1.39 bits per heavy atom. The minimum absolute atomic E-state index is 0.268. The van der Waals surface area contributed by atoms with Crippen LogP contribution < -0.4 is 14.2 Å². The second-order valence-electron chi connectivity index (χ2n) is 7.54. The Labute approximate surface area is 169 Å². The van der Waals surface area contributed by atoms with Crippen molar-refractivity contribution in [3.8, 4) is 11.5 Å². The van der Waals surface area contributed by atoms with E-state index in [0.29, 0.717) is 21.8 Å². The normalized spacial score (nSPS) is 12.9. The molecule has 6 heteroatoms. The minimum atomic E-state index is -3.70. The Morgan fingerprint density at radius 1 is 0.821 bits per heavy atom. The van der Waals surface area contributed by atoms with Gasteiger partial charge >= 0.3 is 0 Å². The predicted octanol–water partition coefficient (Wildman–Crippen LogP) is 4.79. The molecule has 2 rings (SSSR count). The zero-order valence-corrected chi connectivity index (χ0v) is 18.8. The molecule has 0 amide bonds. The Kier molecular flexibility index (Phi) is 6.78. The van der Waals surface area contributed by atoms with Crippen LogP contribution in [0.25, 0.3) is 0 Å². The van der Waals surface area contributed by atoms with Gasteiger partial charge in [0.05, 0.1) is 19.1 Å². The number of hydrogen-bond donors (Lipinski definition) is 1. The molecule has 1 atom stereocenters. The quantitative estimate of drug-likeness (QED) is 0.719. The zero-order chi connectivity index (χ0) is 21.2. The third-order valence-corrected chi connectivity index (χ3v) is 6.82. The van der Waals surface area contributed by atoms with Gasteiger partial charge in [0.1, 0.15) is 11.5 Å². The molecule has 0 radical (unpaired) electrons. The van der Waals surface area contributed by atoms with Crippen molar-refractivity contribution in [3.05, 3.63) is 52.1 Å². The third kappa shape index (κ3) is 4.50. The lowest BCUT2D eigenvalue weighted by Crippen LogP contribution is -2.28. The molecule has 2 aromatic rings. The van der Waals surface area contributed by atoms with E-state index >= 15 is 0 Å². The van der Waals surface area contributed by atoms with Gasteiger partial charge in [-0.3, -0.25) is 0 Å². The van der Waals surface area contributed by atoms with Gasteiger partial charge in [-0.2, -0.15) is 0 Å². The summed E-state index contributed by atoms with van der Waals surface area (Å²) in [5.41, 5.74) is 4.30. The summed E-state index contributed by atoms with van der Waals surface area (Å²) in [6, 6.07) is 7.11. The number of sulfonamides is 1. The SMILES string of the molecule is COc1cc(C)c(S(=O)(=O)N[C@@H](C)c2cc(C(C)C)c(OC)cc2C)c(C)c1. The average molecular weight is 406 g/mol. The first-order chi connectivity index (χ1) is 13.0. The molecule has 5 nitrogen and oxygen atoms in total. The molecular weight excluding hydrogens is 374 g/mol. The number of ether oxygens (including phenoxy) is 2. The summed E-state index contributed by atoms with van der Waals surface area (Å²) < 4.78 is 39.8.